The zero-order valence-electron chi connectivity index (χ0n) is 20.4. The van der Waals surface area contributed by atoms with Crippen LogP contribution in [-0.2, 0) is 16.4 Å². The Labute approximate surface area is 214 Å². The van der Waals surface area contributed by atoms with Crippen LogP contribution in [0, 0.1) is 0 Å². The van der Waals surface area contributed by atoms with Crippen LogP contribution in [0.1, 0.15) is 43.1 Å². The number of imidazole rings is 1. The zero-order valence-corrected chi connectivity index (χ0v) is 21.2. The first-order valence-corrected chi connectivity index (χ1v) is 14.2. The molecule has 0 amide bonds. The number of nitrogens with zero attached hydrogens (tertiary/aromatic N) is 5. The molecule has 0 saturated heterocycles. The molecule has 5 aromatic rings. The van der Waals surface area contributed by atoms with Gasteiger partial charge in [0.1, 0.15) is 23.7 Å². The minimum Gasteiger partial charge on any atom is -0.383 e. The molecule has 0 unspecified atom stereocenters. The zero-order chi connectivity index (χ0) is 25.6. The van der Waals surface area contributed by atoms with E-state index in [-0.39, 0.29) is 12.1 Å². The molecule has 1 saturated carbocycles. The predicted molar refractivity (Wildman–Crippen MR) is 143 cm³/mol. The van der Waals surface area contributed by atoms with Crippen molar-refractivity contribution < 1.29 is 8.42 Å². The van der Waals surface area contributed by atoms with Crippen LogP contribution in [0.25, 0.3) is 33.3 Å². The lowest BCUT2D eigenvalue weighted by Crippen LogP contribution is -2.37. The SMILES string of the molecule is CS(=O)(=O)NC1CCC(n2nc(-c3ccc4[nH]c(Cc5ccccc5)nc4c3)c3c(N)ncnc32)CC1. The molecule has 0 bridgehead atoms. The highest BCUT2D eigenvalue weighted by atomic mass is 32.2. The lowest BCUT2D eigenvalue weighted by atomic mass is 9.92. The van der Waals surface area contributed by atoms with Gasteiger partial charge < -0.3 is 10.7 Å². The third kappa shape index (κ3) is 4.79. The molecule has 1 aliphatic rings. The molecule has 1 fully saturated rings. The molecule has 0 spiro atoms. The minimum atomic E-state index is -3.23. The van der Waals surface area contributed by atoms with Gasteiger partial charge in [0.05, 0.1) is 28.7 Å². The van der Waals surface area contributed by atoms with E-state index in [1.807, 2.05) is 41.1 Å². The number of nitrogen functional groups attached to an aromatic ring is 1. The number of hydrogen-bond acceptors (Lipinski definition) is 7. The van der Waals surface area contributed by atoms with Crippen molar-refractivity contribution in [1.29, 1.82) is 0 Å². The summed E-state index contributed by atoms with van der Waals surface area (Å²) in [6, 6.07) is 16.3. The molecular formula is C26H28N8O2S. The molecule has 10 nitrogen and oxygen atoms in total. The van der Waals surface area contributed by atoms with Gasteiger partial charge in [-0.1, -0.05) is 36.4 Å². The van der Waals surface area contributed by atoms with Crippen molar-refractivity contribution in [2.24, 2.45) is 0 Å². The van der Waals surface area contributed by atoms with Crippen molar-refractivity contribution in [3.8, 4) is 11.3 Å². The third-order valence-electron chi connectivity index (χ3n) is 6.96. The Morgan fingerprint density at radius 1 is 1.08 bits per heavy atom. The predicted octanol–water partition coefficient (Wildman–Crippen LogP) is 3.58. The number of rotatable bonds is 6. The molecule has 2 aromatic carbocycles. The molecule has 190 valence electrons. The van der Waals surface area contributed by atoms with Gasteiger partial charge in [-0.2, -0.15) is 5.10 Å². The van der Waals surface area contributed by atoms with Crippen LogP contribution in [0.15, 0.2) is 54.9 Å². The fraction of sp³-hybridized carbons (Fsp3) is 0.308. The number of anilines is 1. The van der Waals surface area contributed by atoms with E-state index in [0.717, 1.165) is 65.6 Å². The molecule has 3 aromatic heterocycles. The average Bonchev–Trinajstić information content (AvgIpc) is 3.45. The van der Waals surface area contributed by atoms with Gasteiger partial charge in [-0.25, -0.2) is 32.8 Å². The second-order valence-electron chi connectivity index (χ2n) is 9.72. The van der Waals surface area contributed by atoms with Gasteiger partial charge in [0.2, 0.25) is 10.0 Å². The topological polar surface area (TPSA) is 144 Å². The summed E-state index contributed by atoms with van der Waals surface area (Å²) in [6.45, 7) is 0. The average molecular weight is 517 g/mol. The second kappa shape index (κ2) is 9.24. The molecular weight excluding hydrogens is 488 g/mol. The van der Waals surface area contributed by atoms with Crippen LogP contribution in [0.3, 0.4) is 0 Å². The smallest absolute Gasteiger partial charge is 0.208 e. The minimum absolute atomic E-state index is 0.0561. The van der Waals surface area contributed by atoms with Crippen molar-refractivity contribution in [3.05, 3.63) is 66.2 Å². The van der Waals surface area contributed by atoms with Crippen LogP contribution in [0.5, 0.6) is 0 Å². The summed E-state index contributed by atoms with van der Waals surface area (Å²) in [5.74, 6) is 1.28. The fourth-order valence-electron chi connectivity index (χ4n) is 5.27. The normalized spacial score (nSPS) is 18.5. The van der Waals surface area contributed by atoms with E-state index in [4.69, 9.17) is 15.8 Å². The van der Waals surface area contributed by atoms with Crippen molar-refractivity contribution in [1.82, 2.24) is 34.4 Å². The summed E-state index contributed by atoms with van der Waals surface area (Å²) in [5.41, 5.74) is 11.6. The third-order valence-corrected chi connectivity index (χ3v) is 7.72. The van der Waals surface area contributed by atoms with Gasteiger partial charge >= 0.3 is 0 Å². The summed E-state index contributed by atoms with van der Waals surface area (Å²) >= 11 is 0. The number of H-pyrrole nitrogens is 1. The molecule has 6 rings (SSSR count). The van der Waals surface area contributed by atoms with Gasteiger partial charge in [-0.05, 0) is 43.4 Å². The quantitative estimate of drug-likeness (QED) is 0.313. The van der Waals surface area contributed by atoms with Gasteiger partial charge in [-0.15, -0.1) is 0 Å². The van der Waals surface area contributed by atoms with E-state index in [1.165, 1.54) is 18.1 Å². The summed E-state index contributed by atoms with van der Waals surface area (Å²) in [5, 5.41) is 5.70. The number of hydrogen-bond donors (Lipinski definition) is 3. The maximum absolute atomic E-state index is 11.6. The van der Waals surface area contributed by atoms with E-state index >= 15 is 0 Å². The first kappa shape index (κ1) is 23.6. The highest BCUT2D eigenvalue weighted by molar-refractivity contribution is 7.88. The number of aromatic nitrogens is 6. The van der Waals surface area contributed by atoms with E-state index < -0.39 is 10.0 Å². The van der Waals surface area contributed by atoms with Crippen LogP contribution >= 0.6 is 0 Å². The lowest BCUT2D eigenvalue weighted by Gasteiger charge is -2.28. The summed E-state index contributed by atoms with van der Waals surface area (Å²) in [6.07, 6.45) is 6.43. The number of aromatic amines is 1. The summed E-state index contributed by atoms with van der Waals surface area (Å²) < 4.78 is 28.0. The molecule has 11 heteroatoms. The molecule has 1 aliphatic carbocycles. The Morgan fingerprint density at radius 2 is 1.86 bits per heavy atom. The van der Waals surface area contributed by atoms with Crippen LogP contribution in [0.2, 0.25) is 0 Å². The molecule has 0 atom stereocenters. The van der Waals surface area contributed by atoms with E-state index in [2.05, 4.69) is 31.8 Å². The van der Waals surface area contributed by atoms with E-state index in [9.17, 15) is 8.42 Å². The lowest BCUT2D eigenvalue weighted by molar-refractivity contribution is 0.299. The summed E-state index contributed by atoms with van der Waals surface area (Å²) in [4.78, 5) is 17.0. The standard InChI is InChI=1S/C26H28N8O2S/c1-37(35,36)33-18-8-10-19(11-9-18)34-26-23(25(27)28-15-29-26)24(32-34)17-7-12-20-21(14-17)31-22(30-20)13-16-5-3-2-4-6-16/h2-7,12,14-15,18-19,33H,8-11,13H2,1H3,(H,30,31)(H2,27,28,29). The van der Waals surface area contributed by atoms with Gasteiger partial charge in [0.25, 0.3) is 0 Å². The van der Waals surface area contributed by atoms with E-state index in [0.29, 0.717) is 11.5 Å². The molecule has 3 heterocycles. The number of nitrogens with two attached hydrogens (primary N) is 1. The van der Waals surface area contributed by atoms with Crippen LogP contribution in [-0.4, -0.2) is 50.4 Å². The van der Waals surface area contributed by atoms with Crippen molar-refractivity contribution >= 4 is 37.9 Å². The van der Waals surface area contributed by atoms with Crippen LogP contribution in [0.4, 0.5) is 5.82 Å². The second-order valence-corrected chi connectivity index (χ2v) is 11.5. The van der Waals surface area contributed by atoms with Crippen molar-refractivity contribution in [3.63, 3.8) is 0 Å². The highest BCUT2D eigenvalue weighted by Gasteiger charge is 2.28. The van der Waals surface area contributed by atoms with Gasteiger partial charge in [-0.3, -0.25) is 0 Å². The Kier molecular flexibility index (Phi) is 5.88. The molecule has 0 radical (unpaired) electrons. The maximum Gasteiger partial charge on any atom is 0.208 e. The van der Waals surface area contributed by atoms with Gasteiger partial charge in [0, 0.05) is 18.0 Å². The van der Waals surface area contributed by atoms with Crippen molar-refractivity contribution in [2.45, 2.75) is 44.2 Å². The monoisotopic (exact) mass is 516 g/mol. The van der Waals surface area contributed by atoms with Crippen LogP contribution < -0.4 is 10.5 Å². The Hall–Kier alpha value is -3.83. The molecule has 4 N–H and O–H groups in total. The Balaban J connectivity index is 1.33. The van der Waals surface area contributed by atoms with Gasteiger partial charge in [0.15, 0.2) is 5.65 Å². The van der Waals surface area contributed by atoms with E-state index in [1.54, 1.807) is 0 Å². The number of benzene rings is 2. The Bertz CT molecular complexity index is 1690. The Morgan fingerprint density at radius 3 is 2.62 bits per heavy atom. The molecule has 37 heavy (non-hydrogen) atoms. The van der Waals surface area contributed by atoms with Crippen molar-refractivity contribution in [2.75, 3.05) is 12.0 Å². The molecule has 0 aliphatic heterocycles. The number of nitrogens with one attached hydrogen (secondary N) is 2. The maximum atomic E-state index is 11.6. The fourth-order valence-corrected chi connectivity index (χ4v) is 6.11. The first-order valence-electron chi connectivity index (χ1n) is 12.3. The largest absolute Gasteiger partial charge is 0.383 e. The number of sulfonamides is 1. The summed E-state index contributed by atoms with van der Waals surface area (Å²) in [7, 11) is -3.23. The number of fused-ring (bicyclic) bond motifs is 2. The highest BCUT2D eigenvalue weighted by Crippen LogP contribution is 2.36. The first-order chi connectivity index (χ1) is 17.8.